The smallest absolute Gasteiger partial charge is 0.168 e. The summed E-state index contributed by atoms with van der Waals surface area (Å²) < 4.78 is 0. The summed E-state index contributed by atoms with van der Waals surface area (Å²) >= 11 is 0. The standard InChI is InChI=1S/C25H28N2O/c1-5-27(22-15-11-19(12-16-22)24(28)25(2,3)4)23-17-13-21(14-18-23)26-20-9-7-6-8-10-20/h6-18,26H,5H2,1-4H3. The topological polar surface area (TPSA) is 32.3 Å². The highest BCUT2D eigenvalue weighted by molar-refractivity contribution is 6.00. The van der Waals surface area contributed by atoms with Crippen molar-refractivity contribution in [3.63, 3.8) is 0 Å². The van der Waals surface area contributed by atoms with Gasteiger partial charge in [0.1, 0.15) is 0 Å². The highest BCUT2D eigenvalue weighted by atomic mass is 16.1. The Morgan fingerprint density at radius 2 is 1.29 bits per heavy atom. The highest BCUT2D eigenvalue weighted by Gasteiger charge is 2.22. The number of rotatable bonds is 6. The van der Waals surface area contributed by atoms with Crippen molar-refractivity contribution in [2.45, 2.75) is 27.7 Å². The molecule has 0 fully saturated rings. The van der Waals surface area contributed by atoms with Gasteiger partial charge in [-0.3, -0.25) is 4.79 Å². The van der Waals surface area contributed by atoms with E-state index in [4.69, 9.17) is 0 Å². The minimum atomic E-state index is -0.368. The molecule has 3 nitrogen and oxygen atoms in total. The molecule has 0 amide bonds. The molecule has 3 aromatic rings. The monoisotopic (exact) mass is 372 g/mol. The van der Waals surface area contributed by atoms with Gasteiger partial charge in [0.05, 0.1) is 0 Å². The fourth-order valence-corrected chi connectivity index (χ4v) is 3.15. The van der Waals surface area contributed by atoms with Crippen molar-refractivity contribution >= 4 is 28.5 Å². The van der Waals surface area contributed by atoms with Crippen LogP contribution in [-0.4, -0.2) is 12.3 Å². The van der Waals surface area contributed by atoms with Crippen molar-refractivity contribution in [1.29, 1.82) is 0 Å². The van der Waals surface area contributed by atoms with Crippen molar-refractivity contribution in [3.8, 4) is 0 Å². The van der Waals surface area contributed by atoms with E-state index in [2.05, 4.69) is 41.4 Å². The number of para-hydroxylation sites is 1. The Morgan fingerprint density at radius 3 is 1.79 bits per heavy atom. The SMILES string of the molecule is CCN(c1ccc(Nc2ccccc2)cc1)c1ccc(C(=O)C(C)(C)C)cc1. The van der Waals surface area contributed by atoms with Gasteiger partial charge in [0, 0.05) is 40.3 Å². The summed E-state index contributed by atoms with van der Waals surface area (Å²) in [6.07, 6.45) is 0. The molecule has 1 N–H and O–H groups in total. The van der Waals surface area contributed by atoms with E-state index in [1.807, 2.05) is 75.4 Å². The van der Waals surface area contributed by atoms with E-state index in [1.54, 1.807) is 0 Å². The van der Waals surface area contributed by atoms with Gasteiger partial charge in [-0.2, -0.15) is 0 Å². The minimum Gasteiger partial charge on any atom is -0.356 e. The molecule has 0 unspecified atom stereocenters. The van der Waals surface area contributed by atoms with E-state index in [9.17, 15) is 4.79 Å². The zero-order valence-corrected chi connectivity index (χ0v) is 17.1. The molecule has 3 rings (SSSR count). The van der Waals surface area contributed by atoms with Crippen LogP contribution in [0.4, 0.5) is 22.7 Å². The van der Waals surface area contributed by atoms with E-state index in [1.165, 1.54) is 0 Å². The summed E-state index contributed by atoms with van der Waals surface area (Å²) in [4.78, 5) is 14.7. The number of anilines is 4. The fourth-order valence-electron chi connectivity index (χ4n) is 3.15. The summed E-state index contributed by atoms with van der Waals surface area (Å²) in [5.41, 5.74) is 4.72. The summed E-state index contributed by atoms with van der Waals surface area (Å²) in [5, 5.41) is 3.41. The molecule has 0 aromatic heterocycles. The molecular weight excluding hydrogens is 344 g/mol. The number of nitrogens with one attached hydrogen (secondary N) is 1. The average Bonchev–Trinajstić information content (AvgIpc) is 2.70. The van der Waals surface area contributed by atoms with Crippen molar-refractivity contribution in [2.24, 2.45) is 5.41 Å². The van der Waals surface area contributed by atoms with Gasteiger partial charge in [0.25, 0.3) is 0 Å². The maximum absolute atomic E-state index is 12.5. The van der Waals surface area contributed by atoms with E-state index in [0.717, 1.165) is 34.9 Å². The molecule has 0 saturated carbocycles. The first kappa shape index (κ1) is 19.7. The first-order chi connectivity index (χ1) is 13.4. The van der Waals surface area contributed by atoms with Crippen molar-refractivity contribution in [2.75, 3.05) is 16.8 Å². The third-order valence-corrected chi connectivity index (χ3v) is 4.68. The number of nitrogens with zero attached hydrogens (tertiary/aromatic N) is 1. The molecule has 144 valence electrons. The molecule has 0 saturated heterocycles. The van der Waals surface area contributed by atoms with E-state index in [-0.39, 0.29) is 11.2 Å². The first-order valence-electron chi connectivity index (χ1n) is 9.73. The second-order valence-electron chi connectivity index (χ2n) is 7.91. The molecule has 0 heterocycles. The van der Waals surface area contributed by atoms with Gasteiger partial charge in [0.2, 0.25) is 0 Å². The number of hydrogen-bond donors (Lipinski definition) is 1. The van der Waals surface area contributed by atoms with Gasteiger partial charge < -0.3 is 10.2 Å². The maximum Gasteiger partial charge on any atom is 0.168 e. The third kappa shape index (κ3) is 4.61. The molecule has 28 heavy (non-hydrogen) atoms. The Morgan fingerprint density at radius 1 is 0.786 bits per heavy atom. The molecular formula is C25H28N2O. The molecule has 3 heteroatoms. The van der Waals surface area contributed by atoms with Crippen LogP contribution in [-0.2, 0) is 0 Å². The average molecular weight is 373 g/mol. The maximum atomic E-state index is 12.5. The summed E-state index contributed by atoms with van der Waals surface area (Å²) in [6.45, 7) is 8.83. The Hall–Kier alpha value is -3.07. The van der Waals surface area contributed by atoms with Crippen LogP contribution in [0.1, 0.15) is 38.1 Å². The molecule has 0 aliphatic heterocycles. The van der Waals surface area contributed by atoms with Crippen LogP contribution in [0.25, 0.3) is 0 Å². The number of hydrogen-bond acceptors (Lipinski definition) is 3. The molecule has 0 aliphatic rings. The number of benzene rings is 3. The van der Waals surface area contributed by atoms with Crippen LogP contribution in [0, 0.1) is 5.41 Å². The van der Waals surface area contributed by atoms with Crippen molar-refractivity contribution in [3.05, 3.63) is 84.4 Å². The first-order valence-corrected chi connectivity index (χ1v) is 9.73. The summed E-state index contributed by atoms with van der Waals surface area (Å²) in [6, 6.07) is 26.4. The Kier molecular flexibility index (Phi) is 5.84. The van der Waals surface area contributed by atoms with Gasteiger partial charge in [-0.25, -0.2) is 0 Å². The lowest BCUT2D eigenvalue weighted by atomic mass is 9.86. The predicted octanol–water partition coefficient (Wildman–Crippen LogP) is 6.82. The van der Waals surface area contributed by atoms with Crippen LogP contribution in [0.5, 0.6) is 0 Å². The predicted molar refractivity (Wildman–Crippen MR) is 119 cm³/mol. The lowest BCUT2D eigenvalue weighted by molar-refractivity contribution is 0.0858. The molecule has 3 aromatic carbocycles. The number of carbonyl (C=O) groups excluding carboxylic acids is 1. The van der Waals surface area contributed by atoms with E-state index >= 15 is 0 Å². The lowest BCUT2D eigenvalue weighted by Gasteiger charge is -2.24. The normalized spacial score (nSPS) is 11.1. The molecule has 0 radical (unpaired) electrons. The van der Waals surface area contributed by atoms with E-state index < -0.39 is 0 Å². The molecule has 0 aliphatic carbocycles. The van der Waals surface area contributed by atoms with Crippen molar-refractivity contribution < 1.29 is 4.79 Å². The van der Waals surface area contributed by atoms with Gasteiger partial charge >= 0.3 is 0 Å². The number of ketones is 1. The van der Waals surface area contributed by atoms with Gasteiger partial charge in [-0.05, 0) is 67.6 Å². The lowest BCUT2D eigenvalue weighted by Crippen LogP contribution is -2.20. The quantitative estimate of drug-likeness (QED) is 0.482. The van der Waals surface area contributed by atoms with Crippen LogP contribution in [0.3, 0.4) is 0 Å². The van der Waals surface area contributed by atoms with Crippen molar-refractivity contribution in [1.82, 2.24) is 0 Å². The molecule has 0 spiro atoms. The molecule has 0 atom stereocenters. The summed E-state index contributed by atoms with van der Waals surface area (Å²) in [7, 11) is 0. The van der Waals surface area contributed by atoms with Gasteiger partial charge in [-0.1, -0.05) is 39.0 Å². The largest absolute Gasteiger partial charge is 0.356 e. The fraction of sp³-hybridized carbons (Fsp3) is 0.240. The number of carbonyl (C=O) groups is 1. The van der Waals surface area contributed by atoms with Crippen LogP contribution < -0.4 is 10.2 Å². The van der Waals surface area contributed by atoms with Gasteiger partial charge in [-0.15, -0.1) is 0 Å². The Labute approximate surface area is 168 Å². The second-order valence-corrected chi connectivity index (χ2v) is 7.91. The number of Topliss-reactive ketones (excluding diaryl/α,β-unsaturated/α-hetero) is 1. The molecule has 0 bridgehead atoms. The third-order valence-electron chi connectivity index (χ3n) is 4.68. The zero-order valence-electron chi connectivity index (χ0n) is 17.1. The zero-order chi connectivity index (χ0) is 20.1. The van der Waals surface area contributed by atoms with Gasteiger partial charge in [0.15, 0.2) is 5.78 Å². The van der Waals surface area contributed by atoms with E-state index in [0.29, 0.717) is 0 Å². The second kappa shape index (κ2) is 8.30. The van der Waals surface area contributed by atoms with Crippen LogP contribution >= 0.6 is 0 Å². The van der Waals surface area contributed by atoms with Crippen LogP contribution in [0.2, 0.25) is 0 Å². The van der Waals surface area contributed by atoms with Crippen LogP contribution in [0.15, 0.2) is 78.9 Å². The Bertz CT molecular complexity index is 908. The minimum absolute atomic E-state index is 0.165. The summed E-state index contributed by atoms with van der Waals surface area (Å²) in [5.74, 6) is 0.165. The highest BCUT2D eigenvalue weighted by Crippen LogP contribution is 2.29. The Balaban J connectivity index is 1.77.